The fourth-order valence-corrected chi connectivity index (χ4v) is 4.64. The number of carbonyl (C=O) groups is 3. The molecule has 0 spiro atoms. The number of hydrogen-bond donors (Lipinski definition) is 2. The van der Waals surface area contributed by atoms with Gasteiger partial charge in [-0.25, -0.2) is 4.39 Å². The van der Waals surface area contributed by atoms with Crippen molar-refractivity contribution in [3.63, 3.8) is 0 Å². The normalized spacial score (nSPS) is 14.3. The second kappa shape index (κ2) is 11.2. The predicted molar refractivity (Wildman–Crippen MR) is 134 cm³/mol. The van der Waals surface area contributed by atoms with Gasteiger partial charge in [0, 0.05) is 11.7 Å². The molecule has 0 bridgehead atoms. The molecular formula is C28H30FN3O4. The molecule has 1 aliphatic carbocycles. The number of amides is 3. The third-order valence-electron chi connectivity index (χ3n) is 6.42. The fraction of sp³-hybridized carbons (Fsp3) is 0.321. The van der Waals surface area contributed by atoms with Crippen LogP contribution in [0.2, 0.25) is 0 Å². The maximum Gasteiger partial charge on any atom is 0.287 e. The number of benzene rings is 2. The minimum absolute atomic E-state index is 0.0233. The van der Waals surface area contributed by atoms with Gasteiger partial charge in [-0.05, 0) is 68.1 Å². The van der Waals surface area contributed by atoms with Gasteiger partial charge in [-0.3, -0.25) is 19.3 Å². The second-order valence-electron chi connectivity index (χ2n) is 9.16. The largest absolute Gasteiger partial charge is 0.459 e. The molecule has 1 heterocycles. The van der Waals surface area contributed by atoms with E-state index in [0.29, 0.717) is 11.3 Å². The minimum atomic E-state index is -1.05. The Hall–Kier alpha value is -3.94. The van der Waals surface area contributed by atoms with Crippen molar-refractivity contribution in [1.82, 2.24) is 10.6 Å². The van der Waals surface area contributed by atoms with Gasteiger partial charge in [-0.15, -0.1) is 0 Å². The lowest BCUT2D eigenvalue weighted by Crippen LogP contribution is -2.49. The minimum Gasteiger partial charge on any atom is -0.459 e. The van der Waals surface area contributed by atoms with Crippen molar-refractivity contribution in [3.05, 3.63) is 89.1 Å². The van der Waals surface area contributed by atoms with Gasteiger partial charge in [0.15, 0.2) is 5.76 Å². The molecule has 1 fully saturated rings. The Morgan fingerprint density at radius 3 is 2.42 bits per heavy atom. The zero-order valence-electron chi connectivity index (χ0n) is 20.4. The number of nitrogens with zero attached hydrogens (tertiary/aromatic N) is 1. The number of halogens is 1. The quantitative estimate of drug-likeness (QED) is 0.482. The molecule has 8 heteroatoms. The number of hydrogen-bond acceptors (Lipinski definition) is 4. The summed E-state index contributed by atoms with van der Waals surface area (Å²) in [5.41, 5.74) is 2.80. The van der Waals surface area contributed by atoms with Crippen molar-refractivity contribution in [2.24, 2.45) is 0 Å². The van der Waals surface area contributed by atoms with Crippen molar-refractivity contribution in [2.45, 2.75) is 51.6 Å². The molecule has 2 aromatic carbocycles. The van der Waals surface area contributed by atoms with Crippen LogP contribution in [0.1, 0.15) is 59.0 Å². The Balaban J connectivity index is 1.71. The summed E-state index contributed by atoms with van der Waals surface area (Å²) in [6, 6.07) is 13.2. The summed E-state index contributed by atoms with van der Waals surface area (Å²) < 4.78 is 18.9. The molecule has 36 heavy (non-hydrogen) atoms. The highest BCUT2D eigenvalue weighted by Gasteiger charge is 2.35. The number of furan rings is 1. The number of aryl methyl sites for hydroxylation is 2. The molecule has 3 aromatic rings. The highest BCUT2D eigenvalue weighted by Crippen LogP contribution is 2.32. The molecule has 0 saturated heterocycles. The maximum absolute atomic E-state index is 13.8. The number of rotatable bonds is 8. The molecule has 3 amide bonds. The van der Waals surface area contributed by atoms with Gasteiger partial charge < -0.3 is 15.1 Å². The van der Waals surface area contributed by atoms with Crippen molar-refractivity contribution in [3.8, 4) is 0 Å². The van der Waals surface area contributed by atoms with Gasteiger partial charge in [0.1, 0.15) is 11.9 Å². The molecule has 2 N–H and O–H groups in total. The van der Waals surface area contributed by atoms with Gasteiger partial charge in [-0.2, -0.15) is 0 Å². The summed E-state index contributed by atoms with van der Waals surface area (Å²) >= 11 is 0. The van der Waals surface area contributed by atoms with Crippen LogP contribution in [0.25, 0.3) is 0 Å². The highest BCUT2D eigenvalue weighted by atomic mass is 19.1. The summed E-state index contributed by atoms with van der Waals surface area (Å²) in [6.07, 6.45) is 5.18. The average molecular weight is 492 g/mol. The van der Waals surface area contributed by atoms with Gasteiger partial charge in [0.05, 0.1) is 12.8 Å². The molecule has 0 unspecified atom stereocenters. The molecule has 1 saturated carbocycles. The number of carbonyl (C=O) groups excluding carboxylic acids is 3. The van der Waals surface area contributed by atoms with Crippen LogP contribution in [-0.2, 0) is 9.59 Å². The van der Waals surface area contributed by atoms with E-state index in [1.807, 2.05) is 26.0 Å². The van der Waals surface area contributed by atoms with Crippen molar-refractivity contribution < 1.29 is 23.2 Å². The summed E-state index contributed by atoms with van der Waals surface area (Å²) in [6.45, 7) is 3.44. The van der Waals surface area contributed by atoms with Crippen LogP contribution >= 0.6 is 0 Å². The van der Waals surface area contributed by atoms with Crippen molar-refractivity contribution >= 4 is 23.4 Å². The van der Waals surface area contributed by atoms with Crippen LogP contribution < -0.4 is 15.5 Å². The van der Waals surface area contributed by atoms with Gasteiger partial charge in [0.2, 0.25) is 11.8 Å². The Morgan fingerprint density at radius 2 is 1.78 bits per heavy atom. The Labute approximate surface area is 209 Å². The zero-order valence-corrected chi connectivity index (χ0v) is 20.4. The van der Waals surface area contributed by atoms with Gasteiger partial charge >= 0.3 is 0 Å². The van der Waals surface area contributed by atoms with Crippen LogP contribution in [0.15, 0.2) is 65.3 Å². The van der Waals surface area contributed by atoms with Crippen molar-refractivity contribution in [2.75, 3.05) is 11.4 Å². The Kier molecular flexibility index (Phi) is 7.83. The third-order valence-corrected chi connectivity index (χ3v) is 6.42. The van der Waals surface area contributed by atoms with E-state index >= 15 is 0 Å². The lowest BCUT2D eigenvalue weighted by atomic mass is 10.0. The topological polar surface area (TPSA) is 91.7 Å². The van der Waals surface area contributed by atoms with Crippen LogP contribution in [0.4, 0.5) is 10.1 Å². The monoisotopic (exact) mass is 491 g/mol. The first-order valence-corrected chi connectivity index (χ1v) is 12.1. The molecule has 7 nitrogen and oxygen atoms in total. The summed E-state index contributed by atoms with van der Waals surface area (Å²) in [5, 5.41) is 5.66. The van der Waals surface area contributed by atoms with Gasteiger partial charge in [0.25, 0.3) is 5.91 Å². The Morgan fingerprint density at radius 1 is 1.06 bits per heavy atom. The van der Waals surface area contributed by atoms with E-state index < -0.39 is 23.7 Å². The molecule has 188 valence electrons. The summed E-state index contributed by atoms with van der Waals surface area (Å²) in [7, 11) is 0. The Bertz CT molecular complexity index is 1220. The first-order valence-electron chi connectivity index (χ1n) is 12.1. The molecule has 0 radical (unpaired) electrons. The summed E-state index contributed by atoms with van der Waals surface area (Å²) in [5.74, 6) is -1.74. The lowest BCUT2D eigenvalue weighted by Gasteiger charge is -2.33. The van der Waals surface area contributed by atoms with E-state index in [-0.39, 0.29) is 24.3 Å². The number of nitrogens with one attached hydrogen (secondary N) is 2. The van der Waals surface area contributed by atoms with E-state index in [0.717, 1.165) is 36.8 Å². The predicted octanol–water partition coefficient (Wildman–Crippen LogP) is 4.60. The molecule has 1 atom stereocenters. The zero-order chi connectivity index (χ0) is 25.7. The maximum atomic E-state index is 13.8. The van der Waals surface area contributed by atoms with E-state index in [1.165, 1.54) is 41.5 Å². The molecule has 1 aromatic heterocycles. The van der Waals surface area contributed by atoms with Crippen LogP contribution in [0, 0.1) is 19.7 Å². The smallest absolute Gasteiger partial charge is 0.287 e. The lowest BCUT2D eigenvalue weighted by molar-refractivity contribution is -0.126. The number of anilines is 1. The SMILES string of the molecule is Cc1ccc(N(C(=O)CNC(=O)c2ccco2)[C@H](C(=O)NC2CCCC2)c2ccc(F)cc2)c(C)c1. The van der Waals surface area contributed by atoms with E-state index in [1.54, 1.807) is 12.1 Å². The molecule has 1 aliphatic rings. The second-order valence-corrected chi connectivity index (χ2v) is 9.16. The van der Waals surface area contributed by atoms with E-state index in [4.69, 9.17) is 4.42 Å². The first-order chi connectivity index (χ1) is 17.3. The molecule has 4 rings (SSSR count). The standard InChI is InChI=1S/C28H30FN3O4/c1-18-9-14-23(19(2)16-18)32(25(33)17-30-27(34)24-8-5-15-36-24)26(20-10-12-21(29)13-11-20)28(35)31-22-6-3-4-7-22/h5,8-16,22,26H,3-4,6-7,17H2,1-2H3,(H,30,34)(H,31,35)/t26-/m0/s1. The van der Waals surface area contributed by atoms with Crippen molar-refractivity contribution in [1.29, 1.82) is 0 Å². The molecule has 0 aliphatic heterocycles. The van der Waals surface area contributed by atoms with E-state index in [2.05, 4.69) is 10.6 Å². The fourth-order valence-electron chi connectivity index (χ4n) is 4.64. The average Bonchev–Trinajstić information content (AvgIpc) is 3.57. The highest BCUT2D eigenvalue weighted by molar-refractivity contribution is 6.04. The van der Waals surface area contributed by atoms with Crippen LogP contribution in [0.5, 0.6) is 0 Å². The van der Waals surface area contributed by atoms with Crippen LogP contribution in [0.3, 0.4) is 0 Å². The van der Waals surface area contributed by atoms with Crippen LogP contribution in [-0.4, -0.2) is 30.3 Å². The van der Waals surface area contributed by atoms with E-state index in [9.17, 15) is 18.8 Å². The third kappa shape index (κ3) is 5.82. The summed E-state index contributed by atoms with van der Waals surface area (Å²) in [4.78, 5) is 41.2. The van der Waals surface area contributed by atoms with Gasteiger partial charge in [-0.1, -0.05) is 42.7 Å². The molecular weight excluding hydrogens is 461 g/mol. The first kappa shape index (κ1) is 25.2.